The number of nitrogens with zero attached hydrogens (tertiary/aromatic N) is 3. The molecule has 0 saturated carbocycles. The highest BCUT2D eigenvalue weighted by Gasteiger charge is 2.17. The monoisotopic (exact) mass is 233 g/mol. The highest BCUT2D eigenvalue weighted by atomic mass is 32.2. The van der Waals surface area contributed by atoms with E-state index < -0.39 is 0 Å². The van der Waals surface area contributed by atoms with Crippen LogP contribution in [-0.2, 0) is 6.54 Å². The fourth-order valence-corrected chi connectivity index (χ4v) is 3.02. The van der Waals surface area contributed by atoms with Crippen LogP contribution in [0.25, 0.3) is 0 Å². The molecule has 1 aromatic heterocycles. The first kappa shape index (κ1) is 11.4. The van der Waals surface area contributed by atoms with E-state index in [1.165, 1.54) is 5.75 Å². The van der Waals surface area contributed by atoms with E-state index in [1.54, 1.807) is 6.20 Å². The van der Waals surface area contributed by atoms with Crippen LogP contribution in [0.15, 0.2) is 18.3 Å². The van der Waals surface area contributed by atoms with Crippen LogP contribution in [0.2, 0.25) is 0 Å². The summed E-state index contributed by atoms with van der Waals surface area (Å²) in [5, 5.41) is 9.66. The zero-order valence-corrected chi connectivity index (χ0v) is 10.2. The van der Waals surface area contributed by atoms with Crippen molar-refractivity contribution < 1.29 is 0 Å². The van der Waals surface area contributed by atoms with E-state index in [0.717, 1.165) is 25.2 Å². The van der Waals surface area contributed by atoms with Gasteiger partial charge in [-0.3, -0.25) is 4.90 Å². The molecule has 0 N–H and O–H groups in total. The molecule has 1 aliphatic heterocycles. The average Bonchev–Trinajstić information content (AvgIpc) is 2.30. The molecule has 1 fully saturated rings. The van der Waals surface area contributed by atoms with Gasteiger partial charge in [0.1, 0.15) is 11.8 Å². The molecular formula is C12H15N3S. The Hall–Kier alpha value is -1.05. The van der Waals surface area contributed by atoms with Gasteiger partial charge < -0.3 is 0 Å². The van der Waals surface area contributed by atoms with Gasteiger partial charge in [-0.1, -0.05) is 13.0 Å². The molecule has 3 nitrogen and oxygen atoms in total. The van der Waals surface area contributed by atoms with E-state index in [1.807, 2.05) is 23.9 Å². The quantitative estimate of drug-likeness (QED) is 0.782. The molecule has 4 heteroatoms. The zero-order valence-electron chi connectivity index (χ0n) is 9.39. The fraction of sp³-hybridized carbons (Fsp3) is 0.500. The Kier molecular flexibility index (Phi) is 3.81. The number of nitriles is 1. The second kappa shape index (κ2) is 5.33. The number of thioether (sulfide) groups is 1. The average molecular weight is 233 g/mol. The molecule has 0 radical (unpaired) electrons. The lowest BCUT2D eigenvalue weighted by Gasteiger charge is -2.30. The van der Waals surface area contributed by atoms with Crippen LogP contribution in [-0.4, -0.2) is 34.0 Å². The van der Waals surface area contributed by atoms with Gasteiger partial charge in [-0.15, -0.1) is 0 Å². The minimum absolute atomic E-state index is 0.563. The van der Waals surface area contributed by atoms with Crippen LogP contribution < -0.4 is 0 Å². The summed E-state index contributed by atoms with van der Waals surface area (Å²) in [7, 11) is 0. The summed E-state index contributed by atoms with van der Waals surface area (Å²) < 4.78 is 0. The molecule has 1 saturated heterocycles. The third-order valence-electron chi connectivity index (χ3n) is 2.72. The van der Waals surface area contributed by atoms with Crippen molar-refractivity contribution in [2.24, 2.45) is 0 Å². The van der Waals surface area contributed by atoms with Gasteiger partial charge in [0.25, 0.3) is 0 Å². The van der Waals surface area contributed by atoms with E-state index in [4.69, 9.17) is 5.26 Å². The number of hydrogen-bond donors (Lipinski definition) is 0. The van der Waals surface area contributed by atoms with Crippen molar-refractivity contribution in [3.63, 3.8) is 0 Å². The van der Waals surface area contributed by atoms with Crippen molar-refractivity contribution in [3.05, 3.63) is 29.6 Å². The molecule has 1 unspecified atom stereocenters. The second-order valence-electron chi connectivity index (χ2n) is 4.04. The Morgan fingerprint density at radius 2 is 2.56 bits per heavy atom. The first-order valence-electron chi connectivity index (χ1n) is 5.47. The highest BCUT2D eigenvalue weighted by Crippen LogP contribution is 2.19. The van der Waals surface area contributed by atoms with Crippen LogP contribution in [0, 0.1) is 11.3 Å². The summed E-state index contributed by atoms with van der Waals surface area (Å²) in [6.07, 6.45) is 1.68. The van der Waals surface area contributed by atoms with Gasteiger partial charge in [-0.25, -0.2) is 4.98 Å². The molecule has 1 atom stereocenters. The van der Waals surface area contributed by atoms with E-state index in [9.17, 15) is 0 Å². The van der Waals surface area contributed by atoms with Gasteiger partial charge in [0.05, 0.1) is 0 Å². The summed E-state index contributed by atoms with van der Waals surface area (Å²) in [4.78, 5) is 6.49. The van der Waals surface area contributed by atoms with Crippen molar-refractivity contribution in [1.29, 1.82) is 5.26 Å². The van der Waals surface area contributed by atoms with Crippen molar-refractivity contribution in [2.75, 3.05) is 18.8 Å². The minimum Gasteiger partial charge on any atom is -0.297 e. The third-order valence-corrected chi connectivity index (χ3v) is 3.85. The molecule has 1 aromatic rings. The number of rotatable bonds is 2. The van der Waals surface area contributed by atoms with Crippen LogP contribution in [0.4, 0.5) is 0 Å². The van der Waals surface area contributed by atoms with Gasteiger partial charge >= 0.3 is 0 Å². The number of aromatic nitrogens is 1. The maximum Gasteiger partial charge on any atom is 0.144 e. The van der Waals surface area contributed by atoms with Crippen molar-refractivity contribution in [3.8, 4) is 6.07 Å². The van der Waals surface area contributed by atoms with Gasteiger partial charge in [0, 0.05) is 42.4 Å². The van der Waals surface area contributed by atoms with E-state index in [0.29, 0.717) is 10.9 Å². The summed E-state index contributed by atoms with van der Waals surface area (Å²) in [5.74, 6) is 1.18. The Balaban J connectivity index is 2.06. The first-order valence-corrected chi connectivity index (χ1v) is 6.52. The molecule has 2 rings (SSSR count). The molecule has 1 aliphatic rings. The zero-order chi connectivity index (χ0) is 11.4. The Labute approximate surface area is 100 Å². The van der Waals surface area contributed by atoms with E-state index in [-0.39, 0.29) is 0 Å². The molecule has 16 heavy (non-hydrogen) atoms. The smallest absolute Gasteiger partial charge is 0.144 e. The van der Waals surface area contributed by atoms with Gasteiger partial charge in [-0.05, 0) is 6.07 Å². The summed E-state index contributed by atoms with van der Waals surface area (Å²) in [5.41, 5.74) is 1.61. The Morgan fingerprint density at radius 1 is 1.69 bits per heavy atom. The predicted octanol–water partition coefficient (Wildman–Crippen LogP) is 1.89. The molecule has 0 spiro atoms. The number of hydrogen-bond acceptors (Lipinski definition) is 4. The van der Waals surface area contributed by atoms with Crippen LogP contribution >= 0.6 is 11.8 Å². The van der Waals surface area contributed by atoms with Crippen LogP contribution in [0.5, 0.6) is 0 Å². The number of pyridine rings is 1. The van der Waals surface area contributed by atoms with Gasteiger partial charge in [0.2, 0.25) is 0 Å². The fourth-order valence-electron chi connectivity index (χ4n) is 1.94. The Morgan fingerprint density at radius 3 is 3.31 bits per heavy atom. The van der Waals surface area contributed by atoms with Gasteiger partial charge in [-0.2, -0.15) is 17.0 Å². The molecule has 2 heterocycles. The van der Waals surface area contributed by atoms with Crippen molar-refractivity contribution in [1.82, 2.24) is 9.88 Å². The van der Waals surface area contributed by atoms with Crippen molar-refractivity contribution in [2.45, 2.75) is 18.7 Å². The first-order chi connectivity index (χ1) is 7.79. The summed E-state index contributed by atoms with van der Waals surface area (Å²) >= 11 is 2.02. The molecule has 84 valence electrons. The molecule has 0 aliphatic carbocycles. The van der Waals surface area contributed by atoms with Crippen molar-refractivity contribution >= 4 is 11.8 Å². The predicted molar refractivity (Wildman–Crippen MR) is 66.1 cm³/mol. The topological polar surface area (TPSA) is 39.9 Å². The summed E-state index contributed by atoms with van der Waals surface area (Å²) in [6, 6.07) is 6.05. The van der Waals surface area contributed by atoms with Crippen LogP contribution in [0.3, 0.4) is 0 Å². The Bertz CT molecular complexity index is 399. The molecule has 0 amide bonds. The summed E-state index contributed by atoms with van der Waals surface area (Å²) in [6.45, 7) is 5.31. The van der Waals surface area contributed by atoms with E-state index in [2.05, 4.69) is 22.9 Å². The normalized spacial score (nSPS) is 21.6. The largest absolute Gasteiger partial charge is 0.297 e. The third kappa shape index (κ3) is 2.75. The van der Waals surface area contributed by atoms with Gasteiger partial charge in [0.15, 0.2) is 0 Å². The second-order valence-corrected chi connectivity index (χ2v) is 5.59. The van der Waals surface area contributed by atoms with Crippen LogP contribution in [0.1, 0.15) is 18.2 Å². The molecular weight excluding hydrogens is 218 g/mol. The lowest BCUT2D eigenvalue weighted by Crippen LogP contribution is -2.36. The standard InChI is InChI=1S/C12H15N3S/c1-10-8-15(5-6-16-10)9-11-3-2-4-14-12(11)7-13/h2-4,10H,5-6,8-9H2,1H3. The molecule has 0 bridgehead atoms. The minimum atomic E-state index is 0.563. The highest BCUT2D eigenvalue weighted by molar-refractivity contribution is 7.99. The van der Waals surface area contributed by atoms with E-state index >= 15 is 0 Å². The SMILES string of the molecule is CC1CN(Cc2cccnc2C#N)CCS1. The lowest BCUT2D eigenvalue weighted by molar-refractivity contribution is 0.278. The lowest BCUT2D eigenvalue weighted by atomic mass is 10.2. The maximum absolute atomic E-state index is 8.96. The molecule has 0 aromatic carbocycles. The maximum atomic E-state index is 8.96.